The average molecular weight is 130 g/mol. The molecule has 4 nitrogen and oxygen atoms in total. The highest BCUT2D eigenvalue weighted by atomic mass is 16.2. The Morgan fingerprint density at radius 3 is 1.78 bits per heavy atom. The van der Waals surface area contributed by atoms with E-state index in [0.29, 0.717) is 0 Å². The van der Waals surface area contributed by atoms with Gasteiger partial charge in [-0.3, -0.25) is 9.59 Å². The molecule has 0 saturated carbocycles. The Kier molecular flexibility index (Phi) is 1.93. The van der Waals surface area contributed by atoms with Crippen molar-refractivity contribution in [3.8, 4) is 0 Å². The zero-order valence-electron chi connectivity index (χ0n) is 5.47. The van der Waals surface area contributed by atoms with Gasteiger partial charge in [0.25, 0.3) is 0 Å². The Morgan fingerprint density at radius 1 is 1.44 bits per heavy atom. The maximum Gasteiger partial charge on any atom is 0.244 e. The summed E-state index contributed by atoms with van der Waals surface area (Å²) in [6.45, 7) is 2.52. The van der Waals surface area contributed by atoms with Crippen LogP contribution in [0, 0.1) is 0 Å². The van der Waals surface area contributed by atoms with Crippen LogP contribution in [-0.4, -0.2) is 17.2 Å². The minimum Gasteiger partial charge on any atom is -0.368 e. The fourth-order valence-electron chi connectivity index (χ4n) is 0.173. The van der Waals surface area contributed by atoms with Gasteiger partial charge < -0.3 is 11.5 Å². The lowest BCUT2D eigenvalue weighted by atomic mass is 9.99. The number of amides is 1. The number of hydrogen-bond acceptors (Lipinski definition) is 3. The molecule has 1 amide bonds. The lowest BCUT2D eigenvalue weighted by Gasteiger charge is -2.14. The predicted octanol–water partition coefficient (Wildman–Crippen LogP) is -1.22. The Labute approximate surface area is 53.2 Å². The summed E-state index contributed by atoms with van der Waals surface area (Å²) >= 11 is 0. The van der Waals surface area contributed by atoms with Crippen LogP contribution in [0.25, 0.3) is 0 Å². The second-order valence-electron chi connectivity index (χ2n) is 2.12. The second kappa shape index (κ2) is 2.14. The molecule has 0 spiro atoms. The molecule has 0 rings (SSSR count). The highest BCUT2D eigenvalue weighted by Gasteiger charge is 2.30. The van der Waals surface area contributed by atoms with Gasteiger partial charge in [-0.05, 0) is 13.8 Å². The molecule has 0 aromatic heterocycles. The van der Waals surface area contributed by atoms with Crippen molar-refractivity contribution in [3.05, 3.63) is 0 Å². The SMILES string of the molecule is CC(=O)C(C)(N)C(N)=O. The van der Waals surface area contributed by atoms with Gasteiger partial charge in [-0.15, -0.1) is 0 Å². The number of rotatable bonds is 2. The number of Topliss-reactive ketones (excluding diaryl/α,β-unsaturated/α-hetero) is 1. The first-order valence-corrected chi connectivity index (χ1v) is 2.49. The Balaban J connectivity index is 4.38. The maximum atomic E-state index is 10.5. The highest BCUT2D eigenvalue weighted by Crippen LogP contribution is 1.97. The van der Waals surface area contributed by atoms with Crippen molar-refractivity contribution in [2.45, 2.75) is 19.4 Å². The Bertz CT molecular complexity index is 135. The van der Waals surface area contributed by atoms with E-state index in [1.54, 1.807) is 0 Å². The summed E-state index contributed by atoms with van der Waals surface area (Å²) in [7, 11) is 0. The molecule has 0 aromatic carbocycles. The summed E-state index contributed by atoms with van der Waals surface area (Å²) in [5.41, 5.74) is 8.46. The molecule has 0 aliphatic carbocycles. The van der Waals surface area contributed by atoms with Gasteiger partial charge >= 0.3 is 0 Å². The van der Waals surface area contributed by atoms with Crippen LogP contribution in [0.4, 0.5) is 0 Å². The summed E-state index contributed by atoms with van der Waals surface area (Å²) in [4.78, 5) is 20.8. The molecule has 0 aliphatic heterocycles. The average Bonchev–Trinajstić information content (AvgIpc) is 1.65. The quantitative estimate of drug-likeness (QED) is 0.459. The fourth-order valence-corrected chi connectivity index (χ4v) is 0.173. The molecule has 0 heterocycles. The van der Waals surface area contributed by atoms with Crippen molar-refractivity contribution in [2.24, 2.45) is 11.5 Å². The molecule has 4 heteroatoms. The van der Waals surface area contributed by atoms with Gasteiger partial charge in [-0.2, -0.15) is 0 Å². The van der Waals surface area contributed by atoms with Gasteiger partial charge in [-0.1, -0.05) is 0 Å². The van der Waals surface area contributed by atoms with Gasteiger partial charge in [0.15, 0.2) is 11.3 Å². The van der Waals surface area contributed by atoms with Crippen molar-refractivity contribution in [2.75, 3.05) is 0 Å². The summed E-state index contributed by atoms with van der Waals surface area (Å²) in [6.07, 6.45) is 0. The lowest BCUT2D eigenvalue weighted by molar-refractivity contribution is -0.132. The van der Waals surface area contributed by atoms with E-state index >= 15 is 0 Å². The normalized spacial score (nSPS) is 16.3. The van der Waals surface area contributed by atoms with E-state index in [2.05, 4.69) is 0 Å². The standard InChI is InChI=1S/C5H10N2O2/c1-3(8)5(2,7)4(6)9/h7H2,1-2H3,(H2,6,9). The van der Waals surface area contributed by atoms with E-state index in [-0.39, 0.29) is 0 Å². The van der Waals surface area contributed by atoms with Crippen molar-refractivity contribution in [1.29, 1.82) is 0 Å². The van der Waals surface area contributed by atoms with E-state index in [1.165, 1.54) is 13.8 Å². The molecular weight excluding hydrogens is 120 g/mol. The van der Waals surface area contributed by atoms with E-state index in [0.717, 1.165) is 0 Å². The van der Waals surface area contributed by atoms with Gasteiger partial charge in [0.2, 0.25) is 5.91 Å². The zero-order chi connectivity index (χ0) is 7.65. The van der Waals surface area contributed by atoms with Crippen LogP contribution in [0.15, 0.2) is 0 Å². The smallest absolute Gasteiger partial charge is 0.244 e. The number of hydrogen-bond donors (Lipinski definition) is 2. The number of ketones is 1. The van der Waals surface area contributed by atoms with Crippen LogP contribution >= 0.6 is 0 Å². The van der Waals surface area contributed by atoms with Crippen LogP contribution in [-0.2, 0) is 9.59 Å². The van der Waals surface area contributed by atoms with E-state index in [1.807, 2.05) is 0 Å². The third kappa shape index (κ3) is 1.50. The van der Waals surface area contributed by atoms with Crippen LogP contribution in [0.3, 0.4) is 0 Å². The largest absolute Gasteiger partial charge is 0.368 e. The fraction of sp³-hybridized carbons (Fsp3) is 0.600. The molecule has 0 aliphatic rings. The highest BCUT2D eigenvalue weighted by molar-refractivity contribution is 6.08. The first kappa shape index (κ1) is 8.10. The lowest BCUT2D eigenvalue weighted by Crippen LogP contribution is -2.54. The molecular formula is C5H10N2O2. The van der Waals surface area contributed by atoms with Gasteiger partial charge in [-0.25, -0.2) is 0 Å². The molecule has 1 unspecified atom stereocenters. The van der Waals surface area contributed by atoms with E-state index in [9.17, 15) is 9.59 Å². The Morgan fingerprint density at radius 2 is 1.78 bits per heavy atom. The summed E-state index contributed by atoms with van der Waals surface area (Å²) in [6, 6.07) is 0. The molecule has 0 radical (unpaired) electrons. The van der Waals surface area contributed by atoms with Gasteiger partial charge in [0, 0.05) is 0 Å². The van der Waals surface area contributed by atoms with Crippen LogP contribution in [0.2, 0.25) is 0 Å². The molecule has 0 bridgehead atoms. The second-order valence-corrected chi connectivity index (χ2v) is 2.12. The number of carbonyl (C=O) groups is 2. The Hall–Kier alpha value is -0.900. The van der Waals surface area contributed by atoms with E-state index < -0.39 is 17.2 Å². The van der Waals surface area contributed by atoms with Crippen molar-refractivity contribution in [1.82, 2.24) is 0 Å². The summed E-state index contributed by atoms with van der Waals surface area (Å²) in [5, 5.41) is 0. The minimum absolute atomic E-state index is 0.421. The van der Waals surface area contributed by atoms with E-state index in [4.69, 9.17) is 11.5 Å². The molecule has 9 heavy (non-hydrogen) atoms. The minimum atomic E-state index is -1.50. The monoisotopic (exact) mass is 130 g/mol. The number of primary amides is 1. The topological polar surface area (TPSA) is 86.2 Å². The summed E-state index contributed by atoms with van der Waals surface area (Å²) < 4.78 is 0. The first-order valence-electron chi connectivity index (χ1n) is 2.49. The molecule has 0 aromatic rings. The summed E-state index contributed by atoms with van der Waals surface area (Å²) in [5.74, 6) is -1.22. The molecule has 1 atom stereocenters. The van der Waals surface area contributed by atoms with Crippen LogP contribution in [0.1, 0.15) is 13.8 Å². The van der Waals surface area contributed by atoms with Crippen molar-refractivity contribution >= 4 is 11.7 Å². The molecule has 4 N–H and O–H groups in total. The molecule has 52 valence electrons. The zero-order valence-corrected chi connectivity index (χ0v) is 5.47. The molecule has 0 saturated heterocycles. The van der Waals surface area contributed by atoms with Gasteiger partial charge in [0.1, 0.15) is 0 Å². The number of carbonyl (C=O) groups excluding carboxylic acids is 2. The maximum absolute atomic E-state index is 10.5. The molecule has 0 fully saturated rings. The van der Waals surface area contributed by atoms with Crippen molar-refractivity contribution < 1.29 is 9.59 Å². The van der Waals surface area contributed by atoms with Crippen LogP contribution in [0.5, 0.6) is 0 Å². The van der Waals surface area contributed by atoms with Crippen molar-refractivity contribution in [3.63, 3.8) is 0 Å². The third-order valence-corrected chi connectivity index (χ3v) is 1.24. The predicted molar refractivity (Wildman–Crippen MR) is 32.5 cm³/mol. The van der Waals surface area contributed by atoms with Crippen LogP contribution < -0.4 is 11.5 Å². The first-order chi connectivity index (χ1) is 3.89. The number of nitrogens with two attached hydrogens (primary N) is 2. The third-order valence-electron chi connectivity index (χ3n) is 1.24. The van der Waals surface area contributed by atoms with Gasteiger partial charge in [0.05, 0.1) is 0 Å².